The van der Waals surface area contributed by atoms with Gasteiger partial charge in [0, 0.05) is 31.6 Å². The molecule has 1 saturated heterocycles. The highest BCUT2D eigenvalue weighted by Gasteiger charge is 2.33. The molecule has 120 valence electrons. The number of hydrogen-bond donors (Lipinski definition) is 1. The highest BCUT2D eigenvalue weighted by Crippen LogP contribution is 2.23. The van der Waals surface area contributed by atoms with Crippen LogP contribution in [0.1, 0.15) is 18.9 Å². The van der Waals surface area contributed by atoms with Crippen molar-refractivity contribution in [2.45, 2.75) is 19.9 Å². The Hall–Kier alpha value is -2.18. The summed E-state index contributed by atoms with van der Waals surface area (Å²) >= 11 is 0. The van der Waals surface area contributed by atoms with E-state index in [1.807, 2.05) is 6.92 Å². The van der Waals surface area contributed by atoms with Crippen LogP contribution in [0.5, 0.6) is 5.75 Å². The summed E-state index contributed by atoms with van der Waals surface area (Å²) in [7, 11) is 1.28. The van der Waals surface area contributed by atoms with E-state index in [1.54, 1.807) is 4.90 Å². The van der Waals surface area contributed by atoms with Crippen LogP contribution in [0.15, 0.2) is 12.1 Å². The molecule has 0 saturated carbocycles. The fourth-order valence-electron chi connectivity index (χ4n) is 2.47. The van der Waals surface area contributed by atoms with Crippen molar-refractivity contribution in [1.29, 1.82) is 0 Å². The van der Waals surface area contributed by atoms with Gasteiger partial charge in [-0.15, -0.1) is 0 Å². The number of carbonyl (C=O) groups is 2. The molecule has 0 aliphatic carbocycles. The molecule has 1 N–H and O–H groups in total. The van der Waals surface area contributed by atoms with E-state index in [-0.39, 0.29) is 36.1 Å². The van der Waals surface area contributed by atoms with Crippen LogP contribution in [0.4, 0.5) is 8.78 Å². The Morgan fingerprint density at radius 3 is 2.77 bits per heavy atom. The zero-order chi connectivity index (χ0) is 16.3. The van der Waals surface area contributed by atoms with E-state index in [2.05, 4.69) is 5.32 Å². The molecule has 1 heterocycles. The Morgan fingerprint density at radius 2 is 2.18 bits per heavy atom. The van der Waals surface area contributed by atoms with Crippen molar-refractivity contribution in [2.75, 3.05) is 20.2 Å². The number of hydrogen-bond acceptors (Lipinski definition) is 3. The van der Waals surface area contributed by atoms with Gasteiger partial charge in [0.05, 0.1) is 13.0 Å². The van der Waals surface area contributed by atoms with E-state index < -0.39 is 17.6 Å². The van der Waals surface area contributed by atoms with Crippen LogP contribution < -0.4 is 10.1 Å². The first kappa shape index (κ1) is 16.2. The standard InChI is InChI=1S/C15H18F2N2O3/c1-3-19-8-9(6-13(19)20)15(21)18-7-10-11(16)4-5-12(22-2)14(10)17/h4-5,9H,3,6-8H2,1-2H3,(H,18,21). The molecule has 2 amide bonds. The number of benzene rings is 1. The van der Waals surface area contributed by atoms with Gasteiger partial charge in [0.15, 0.2) is 11.6 Å². The first-order valence-electron chi connectivity index (χ1n) is 7.04. The van der Waals surface area contributed by atoms with Gasteiger partial charge in [-0.2, -0.15) is 0 Å². The largest absolute Gasteiger partial charge is 0.494 e. The van der Waals surface area contributed by atoms with E-state index in [9.17, 15) is 18.4 Å². The lowest BCUT2D eigenvalue weighted by Crippen LogP contribution is -2.33. The molecular formula is C15H18F2N2O3. The van der Waals surface area contributed by atoms with E-state index in [0.29, 0.717) is 13.1 Å². The number of amides is 2. The maximum absolute atomic E-state index is 14.0. The van der Waals surface area contributed by atoms with Crippen molar-refractivity contribution in [1.82, 2.24) is 10.2 Å². The van der Waals surface area contributed by atoms with Crippen molar-refractivity contribution >= 4 is 11.8 Å². The second kappa shape index (κ2) is 6.72. The Balaban J connectivity index is 2.02. The molecule has 0 radical (unpaired) electrons. The molecule has 22 heavy (non-hydrogen) atoms. The number of nitrogens with zero attached hydrogens (tertiary/aromatic N) is 1. The van der Waals surface area contributed by atoms with E-state index in [1.165, 1.54) is 13.2 Å². The van der Waals surface area contributed by atoms with Crippen LogP contribution in [-0.2, 0) is 16.1 Å². The molecule has 1 aliphatic heterocycles. The summed E-state index contributed by atoms with van der Waals surface area (Å²) in [4.78, 5) is 25.2. The van der Waals surface area contributed by atoms with E-state index in [0.717, 1.165) is 6.07 Å². The quantitative estimate of drug-likeness (QED) is 0.895. The van der Waals surface area contributed by atoms with Gasteiger partial charge in [0.1, 0.15) is 5.82 Å². The molecule has 0 spiro atoms. The molecule has 1 unspecified atom stereocenters. The third-order valence-electron chi connectivity index (χ3n) is 3.78. The summed E-state index contributed by atoms with van der Waals surface area (Å²) in [6.07, 6.45) is 0.128. The number of rotatable bonds is 5. The smallest absolute Gasteiger partial charge is 0.225 e. The van der Waals surface area contributed by atoms with Gasteiger partial charge in [-0.1, -0.05) is 0 Å². The molecule has 1 aliphatic rings. The number of carbonyl (C=O) groups excluding carboxylic acids is 2. The maximum atomic E-state index is 14.0. The average Bonchev–Trinajstić information content (AvgIpc) is 2.88. The lowest BCUT2D eigenvalue weighted by atomic mass is 10.1. The molecule has 2 rings (SSSR count). The van der Waals surface area contributed by atoms with Crippen LogP contribution in [0.25, 0.3) is 0 Å². The second-order valence-corrected chi connectivity index (χ2v) is 5.09. The van der Waals surface area contributed by atoms with E-state index >= 15 is 0 Å². The highest BCUT2D eigenvalue weighted by atomic mass is 19.1. The number of nitrogens with one attached hydrogen (secondary N) is 1. The number of likely N-dealkylation sites (tertiary alicyclic amines) is 1. The summed E-state index contributed by atoms with van der Waals surface area (Å²) in [6, 6.07) is 2.27. The monoisotopic (exact) mass is 312 g/mol. The molecule has 0 aromatic heterocycles. The molecule has 1 atom stereocenters. The van der Waals surface area contributed by atoms with Gasteiger partial charge in [0.2, 0.25) is 11.8 Å². The molecule has 1 fully saturated rings. The van der Waals surface area contributed by atoms with Gasteiger partial charge in [-0.05, 0) is 19.1 Å². The number of methoxy groups -OCH3 is 1. The van der Waals surface area contributed by atoms with Gasteiger partial charge in [-0.25, -0.2) is 8.78 Å². The maximum Gasteiger partial charge on any atom is 0.225 e. The Kier molecular flexibility index (Phi) is 4.95. The first-order chi connectivity index (χ1) is 10.5. The van der Waals surface area contributed by atoms with Crippen molar-refractivity contribution in [2.24, 2.45) is 5.92 Å². The van der Waals surface area contributed by atoms with Gasteiger partial charge in [-0.3, -0.25) is 9.59 Å². The van der Waals surface area contributed by atoms with Crippen LogP contribution >= 0.6 is 0 Å². The summed E-state index contributed by atoms with van der Waals surface area (Å²) < 4.78 is 32.4. The molecule has 5 nitrogen and oxygen atoms in total. The lowest BCUT2D eigenvalue weighted by molar-refractivity contribution is -0.128. The summed E-state index contributed by atoms with van der Waals surface area (Å²) in [5.74, 6) is -2.62. The predicted octanol–water partition coefficient (Wildman–Crippen LogP) is 1.46. The van der Waals surface area contributed by atoms with E-state index in [4.69, 9.17) is 4.74 Å². The Labute approximate surface area is 127 Å². The van der Waals surface area contributed by atoms with Crippen molar-refractivity contribution in [3.05, 3.63) is 29.3 Å². The molecule has 1 aromatic carbocycles. The first-order valence-corrected chi connectivity index (χ1v) is 7.04. The predicted molar refractivity (Wildman–Crippen MR) is 75.1 cm³/mol. The van der Waals surface area contributed by atoms with Crippen LogP contribution in [-0.4, -0.2) is 36.9 Å². The number of halogens is 2. The zero-order valence-electron chi connectivity index (χ0n) is 12.5. The molecule has 7 heteroatoms. The third kappa shape index (κ3) is 3.18. The van der Waals surface area contributed by atoms with Crippen LogP contribution in [0, 0.1) is 17.6 Å². The fraction of sp³-hybridized carbons (Fsp3) is 0.467. The topological polar surface area (TPSA) is 58.6 Å². The van der Waals surface area contributed by atoms with Gasteiger partial charge < -0.3 is 15.0 Å². The molecular weight excluding hydrogens is 294 g/mol. The normalized spacial score (nSPS) is 17.7. The Morgan fingerprint density at radius 1 is 1.45 bits per heavy atom. The fourth-order valence-corrected chi connectivity index (χ4v) is 2.47. The molecule has 1 aromatic rings. The second-order valence-electron chi connectivity index (χ2n) is 5.09. The summed E-state index contributed by atoms with van der Waals surface area (Å²) in [5, 5.41) is 2.49. The third-order valence-corrected chi connectivity index (χ3v) is 3.78. The Bertz CT molecular complexity index is 592. The number of ether oxygens (including phenoxy) is 1. The molecule has 0 bridgehead atoms. The minimum absolute atomic E-state index is 0.0820. The SMILES string of the molecule is CCN1CC(C(=O)NCc2c(F)ccc(OC)c2F)CC1=O. The van der Waals surface area contributed by atoms with Crippen molar-refractivity contribution < 1.29 is 23.1 Å². The average molecular weight is 312 g/mol. The van der Waals surface area contributed by atoms with Crippen LogP contribution in [0.2, 0.25) is 0 Å². The van der Waals surface area contributed by atoms with Gasteiger partial charge >= 0.3 is 0 Å². The lowest BCUT2D eigenvalue weighted by Gasteiger charge is -2.14. The van der Waals surface area contributed by atoms with Gasteiger partial charge in [0.25, 0.3) is 0 Å². The van der Waals surface area contributed by atoms with Crippen molar-refractivity contribution in [3.8, 4) is 5.75 Å². The minimum Gasteiger partial charge on any atom is -0.494 e. The summed E-state index contributed by atoms with van der Waals surface area (Å²) in [6.45, 7) is 2.43. The van der Waals surface area contributed by atoms with Crippen LogP contribution in [0.3, 0.4) is 0 Å². The summed E-state index contributed by atoms with van der Waals surface area (Å²) in [5.41, 5.74) is -0.260. The highest BCUT2D eigenvalue weighted by molar-refractivity contribution is 5.89. The van der Waals surface area contributed by atoms with Crippen molar-refractivity contribution in [3.63, 3.8) is 0 Å². The minimum atomic E-state index is -0.833. The zero-order valence-corrected chi connectivity index (χ0v) is 12.5.